The number of piperidine rings is 1. The minimum Gasteiger partial charge on any atom is -0.360 e. The van der Waals surface area contributed by atoms with E-state index in [1.54, 1.807) is 6.20 Å². The maximum Gasteiger partial charge on any atom is 0.253 e. The van der Waals surface area contributed by atoms with Gasteiger partial charge in [0, 0.05) is 42.1 Å². The van der Waals surface area contributed by atoms with Crippen molar-refractivity contribution in [1.82, 2.24) is 15.2 Å². The number of rotatable bonds is 4. The third-order valence-electron chi connectivity index (χ3n) is 5.06. The zero-order chi connectivity index (χ0) is 18.0. The summed E-state index contributed by atoms with van der Waals surface area (Å²) in [6, 6.07) is 6.20. The second kappa shape index (κ2) is 7.30. The third-order valence-corrected chi connectivity index (χ3v) is 5.06. The van der Waals surface area contributed by atoms with Gasteiger partial charge in [-0.05, 0) is 24.8 Å². The molecular formula is C20H27N3O2. The topological polar surface area (TPSA) is 65.2 Å². The van der Waals surface area contributed by atoms with Crippen LogP contribution in [-0.2, 0) is 11.2 Å². The first-order valence-corrected chi connectivity index (χ1v) is 9.19. The summed E-state index contributed by atoms with van der Waals surface area (Å²) >= 11 is 0. The van der Waals surface area contributed by atoms with Crippen molar-refractivity contribution in [1.29, 1.82) is 0 Å². The van der Waals surface area contributed by atoms with Crippen LogP contribution in [0.5, 0.6) is 0 Å². The van der Waals surface area contributed by atoms with Gasteiger partial charge in [-0.1, -0.05) is 39.0 Å². The highest BCUT2D eigenvalue weighted by molar-refractivity contribution is 6.07. The predicted molar refractivity (Wildman–Crippen MR) is 99.6 cm³/mol. The van der Waals surface area contributed by atoms with E-state index in [0.717, 1.165) is 43.3 Å². The maximum atomic E-state index is 12.7. The van der Waals surface area contributed by atoms with Crippen molar-refractivity contribution in [3.05, 3.63) is 35.5 Å². The summed E-state index contributed by atoms with van der Waals surface area (Å²) in [5.41, 5.74) is 2.97. The molecule has 2 N–H and O–H groups in total. The third kappa shape index (κ3) is 3.55. The standard InChI is InChI=1S/C20H27N3O2/c1-4-14-6-5-7-16-17(12-21-18(14)16)19(24)22-15-8-10-23(11-9-15)20(25)13(2)3/h5-7,12-13,15,21H,4,8-11H2,1-3H3,(H,22,24). The van der Waals surface area contributed by atoms with Gasteiger partial charge in [-0.3, -0.25) is 9.59 Å². The van der Waals surface area contributed by atoms with Crippen LogP contribution in [0.3, 0.4) is 0 Å². The molecule has 0 bridgehead atoms. The van der Waals surface area contributed by atoms with Gasteiger partial charge >= 0.3 is 0 Å². The number of carbonyl (C=O) groups is 2. The van der Waals surface area contributed by atoms with Crippen molar-refractivity contribution in [2.75, 3.05) is 13.1 Å². The zero-order valence-corrected chi connectivity index (χ0v) is 15.3. The smallest absolute Gasteiger partial charge is 0.253 e. The van der Waals surface area contributed by atoms with Gasteiger partial charge < -0.3 is 15.2 Å². The number of likely N-dealkylation sites (tertiary alicyclic amines) is 1. The Morgan fingerprint density at radius 1 is 1.28 bits per heavy atom. The summed E-state index contributed by atoms with van der Waals surface area (Å²) in [5, 5.41) is 4.12. The number of aromatic nitrogens is 1. The van der Waals surface area contributed by atoms with Gasteiger partial charge in [0.05, 0.1) is 5.56 Å². The molecule has 1 saturated heterocycles. The molecule has 134 valence electrons. The molecule has 1 fully saturated rings. The highest BCUT2D eigenvalue weighted by Gasteiger charge is 2.26. The molecule has 5 nitrogen and oxygen atoms in total. The van der Waals surface area contributed by atoms with Crippen LogP contribution in [0.25, 0.3) is 10.9 Å². The molecule has 1 aliphatic heterocycles. The van der Waals surface area contributed by atoms with Gasteiger partial charge in [-0.2, -0.15) is 0 Å². The molecule has 0 unspecified atom stereocenters. The summed E-state index contributed by atoms with van der Waals surface area (Å²) in [4.78, 5) is 29.9. The molecule has 0 radical (unpaired) electrons. The van der Waals surface area contributed by atoms with Crippen LogP contribution in [-0.4, -0.2) is 40.8 Å². The summed E-state index contributed by atoms with van der Waals surface area (Å²) in [5.74, 6) is 0.201. The first-order chi connectivity index (χ1) is 12.0. The Morgan fingerprint density at radius 2 is 2.00 bits per heavy atom. The molecule has 0 saturated carbocycles. The molecule has 2 aromatic rings. The van der Waals surface area contributed by atoms with Gasteiger partial charge in [-0.25, -0.2) is 0 Å². The van der Waals surface area contributed by atoms with E-state index in [0.29, 0.717) is 5.56 Å². The number of nitrogens with zero attached hydrogens (tertiary/aromatic N) is 1. The number of hydrogen-bond donors (Lipinski definition) is 2. The second-order valence-electron chi connectivity index (χ2n) is 7.12. The highest BCUT2D eigenvalue weighted by atomic mass is 16.2. The Bertz CT molecular complexity index is 770. The van der Waals surface area contributed by atoms with Crippen molar-refractivity contribution in [2.24, 2.45) is 5.92 Å². The number of carbonyl (C=O) groups excluding carboxylic acids is 2. The summed E-state index contributed by atoms with van der Waals surface area (Å²) < 4.78 is 0. The van der Waals surface area contributed by atoms with Crippen molar-refractivity contribution in [3.63, 3.8) is 0 Å². The molecule has 1 aliphatic rings. The van der Waals surface area contributed by atoms with E-state index in [1.165, 1.54) is 5.56 Å². The lowest BCUT2D eigenvalue weighted by Crippen LogP contribution is -2.47. The fourth-order valence-electron chi connectivity index (χ4n) is 3.57. The monoisotopic (exact) mass is 341 g/mol. The Kier molecular flexibility index (Phi) is 5.11. The van der Waals surface area contributed by atoms with E-state index < -0.39 is 0 Å². The molecule has 0 aliphatic carbocycles. The number of hydrogen-bond acceptors (Lipinski definition) is 2. The minimum atomic E-state index is -0.0341. The number of aromatic amines is 1. The number of amides is 2. The first-order valence-electron chi connectivity index (χ1n) is 9.19. The van der Waals surface area contributed by atoms with Crippen LogP contribution in [0.2, 0.25) is 0 Å². The number of fused-ring (bicyclic) bond motifs is 1. The van der Waals surface area contributed by atoms with Gasteiger partial charge in [0.1, 0.15) is 0 Å². The Labute approximate surface area is 148 Å². The van der Waals surface area contributed by atoms with Crippen molar-refractivity contribution < 1.29 is 9.59 Å². The van der Waals surface area contributed by atoms with E-state index in [2.05, 4.69) is 23.3 Å². The van der Waals surface area contributed by atoms with E-state index in [9.17, 15) is 9.59 Å². The lowest BCUT2D eigenvalue weighted by atomic mass is 10.0. The van der Waals surface area contributed by atoms with Crippen molar-refractivity contribution >= 4 is 22.7 Å². The van der Waals surface area contributed by atoms with Gasteiger partial charge in [0.15, 0.2) is 0 Å². The average Bonchev–Trinajstić information content (AvgIpc) is 3.06. The summed E-state index contributed by atoms with van der Waals surface area (Å²) in [6.07, 6.45) is 4.36. The molecular weight excluding hydrogens is 314 g/mol. The Morgan fingerprint density at radius 3 is 2.64 bits per heavy atom. The van der Waals surface area contributed by atoms with E-state index in [1.807, 2.05) is 30.9 Å². The normalized spacial score (nSPS) is 15.8. The van der Waals surface area contributed by atoms with Crippen LogP contribution in [0.4, 0.5) is 0 Å². The molecule has 0 spiro atoms. The van der Waals surface area contributed by atoms with Gasteiger partial charge in [0.2, 0.25) is 5.91 Å². The molecule has 3 rings (SSSR count). The number of para-hydroxylation sites is 1. The number of benzene rings is 1. The average molecular weight is 341 g/mol. The predicted octanol–water partition coefficient (Wildman–Crippen LogP) is 3.11. The Balaban J connectivity index is 1.65. The largest absolute Gasteiger partial charge is 0.360 e. The van der Waals surface area contributed by atoms with E-state index in [-0.39, 0.29) is 23.8 Å². The fourth-order valence-corrected chi connectivity index (χ4v) is 3.57. The zero-order valence-electron chi connectivity index (χ0n) is 15.3. The maximum absolute atomic E-state index is 12.7. The number of aryl methyl sites for hydroxylation is 1. The molecule has 2 amide bonds. The molecule has 25 heavy (non-hydrogen) atoms. The molecule has 2 heterocycles. The molecule has 5 heteroatoms. The lowest BCUT2D eigenvalue weighted by molar-refractivity contribution is -0.135. The summed E-state index contributed by atoms with van der Waals surface area (Å²) in [7, 11) is 0. The summed E-state index contributed by atoms with van der Waals surface area (Å²) in [6.45, 7) is 7.41. The molecule has 0 atom stereocenters. The number of nitrogens with one attached hydrogen (secondary N) is 2. The van der Waals surface area contributed by atoms with Crippen LogP contribution >= 0.6 is 0 Å². The second-order valence-corrected chi connectivity index (χ2v) is 7.12. The lowest BCUT2D eigenvalue weighted by Gasteiger charge is -2.33. The van der Waals surface area contributed by atoms with Gasteiger partial charge in [-0.15, -0.1) is 0 Å². The number of H-pyrrole nitrogens is 1. The molecule has 1 aromatic carbocycles. The van der Waals surface area contributed by atoms with E-state index >= 15 is 0 Å². The quantitative estimate of drug-likeness (QED) is 0.897. The van der Waals surface area contributed by atoms with Crippen molar-refractivity contribution in [2.45, 2.75) is 46.1 Å². The van der Waals surface area contributed by atoms with E-state index in [4.69, 9.17) is 0 Å². The fraction of sp³-hybridized carbons (Fsp3) is 0.500. The van der Waals surface area contributed by atoms with Crippen LogP contribution in [0.1, 0.15) is 49.5 Å². The van der Waals surface area contributed by atoms with Crippen molar-refractivity contribution in [3.8, 4) is 0 Å². The highest BCUT2D eigenvalue weighted by Crippen LogP contribution is 2.23. The minimum absolute atomic E-state index is 0.0325. The van der Waals surface area contributed by atoms with Crippen LogP contribution in [0.15, 0.2) is 24.4 Å². The molecule has 1 aromatic heterocycles. The first kappa shape index (κ1) is 17.5. The van der Waals surface area contributed by atoms with Gasteiger partial charge in [0.25, 0.3) is 5.91 Å². The SMILES string of the molecule is CCc1cccc2c(C(=O)NC3CCN(C(=O)C(C)C)CC3)c[nH]c12. The van der Waals surface area contributed by atoms with Crippen LogP contribution < -0.4 is 5.32 Å². The Hall–Kier alpha value is -2.30. The van der Waals surface area contributed by atoms with Crippen LogP contribution in [0, 0.1) is 5.92 Å².